The fourth-order valence-electron chi connectivity index (χ4n) is 2.32. The van der Waals surface area contributed by atoms with Gasteiger partial charge in [-0.15, -0.1) is 0 Å². The van der Waals surface area contributed by atoms with Crippen molar-refractivity contribution in [2.75, 3.05) is 6.54 Å². The largest absolute Gasteiger partial charge is 0.393 e. The molecule has 2 N–H and O–H groups in total. The van der Waals surface area contributed by atoms with Gasteiger partial charge in [0.15, 0.2) is 0 Å². The molecular weight excluding hydrogens is 266 g/mol. The van der Waals surface area contributed by atoms with Gasteiger partial charge in [0.1, 0.15) is 0 Å². The van der Waals surface area contributed by atoms with Gasteiger partial charge in [-0.1, -0.05) is 20.8 Å². The number of nitrogens with zero attached hydrogens (tertiary/aromatic N) is 2. The molecule has 0 spiro atoms. The van der Waals surface area contributed by atoms with Crippen LogP contribution in [0.2, 0.25) is 0 Å². The summed E-state index contributed by atoms with van der Waals surface area (Å²) in [5.41, 5.74) is 3.02. The second-order valence-corrected chi connectivity index (χ2v) is 6.10. The highest BCUT2D eigenvalue weighted by Crippen LogP contribution is 2.15. The van der Waals surface area contributed by atoms with E-state index in [1.807, 2.05) is 25.5 Å². The van der Waals surface area contributed by atoms with Crippen molar-refractivity contribution >= 4 is 5.91 Å². The molecule has 5 heteroatoms. The zero-order valence-corrected chi connectivity index (χ0v) is 13.9. The zero-order valence-electron chi connectivity index (χ0n) is 13.9. The van der Waals surface area contributed by atoms with Crippen LogP contribution in [-0.2, 0) is 17.8 Å². The van der Waals surface area contributed by atoms with E-state index in [2.05, 4.69) is 24.3 Å². The number of carbonyl (C=O) groups excluding carboxylic acids is 1. The highest BCUT2D eigenvalue weighted by Gasteiger charge is 2.15. The van der Waals surface area contributed by atoms with Crippen LogP contribution in [0.5, 0.6) is 0 Å². The SMILES string of the molecule is CCC(O)CCNC(=O)Cc1c(C)nn(CC(C)C)c1C. The smallest absolute Gasteiger partial charge is 0.224 e. The van der Waals surface area contributed by atoms with E-state index >= 15 is 0 Å². The van der Waals surface area contributed by atoms with E-state index in [-0.39, 0.29) is 12.0 Å². The van der Waals surface area contributed by atoms with Gasteiger partial charge in [0.2, 0.25) is 5.91 Å². The highest BCUT2D eigenvalue weighted by molar-refractivity contribution is 5.79. The Kier molecular flexibility index (Phi) is 6.89. The molecule has 0 saturated carbocycles. The molecule has 0 saturated heterocycles. The predicted molar refractivity (Wildman–Crippen MR) is 84.2 cm³/mol. The summed E-state index contributed by atoms with van der Waals surface area (Å²) in [6.07, 6.45) is 1.35. The Balaban J connectivity index is 2.58. The molecular formula is C16H29N3O2. The number of rotatable bonds is 8. The van der Waals surface area contributed by atoms with Crippen LogP contribution < -0.4 is 5.32 Å². The molecule has 5 nitrogen and oxygen atoms in total. The minimum atomic E-state index is -0.331. The normalized spacial score (nSPS) is 12.7. The summed E-state index contributed by atoms with van der Waals surface area (Å²) in [6.45, 7) is 11.6. The van der Waals surface area contributed by atoms with Gasteiger partial charge in [-0.25, -0.2) is 0 Å². The van der Waals surface area contributed by atoms with Crippen LogP contribution in [0, 0.1) is 19.8 Å². The maximum atomic E-state index is 12.0. The van der Waals surface area contributed by atoms with Crippen molar-refractivity contribution in [1.29, 1.82) is 0 Å². The fourth-order valence-corrected chi connectivity index (χ4v) is 2.32. The minimum absolute atomic E-state index is 0.00593. The second kappa shape index (κ2) is 8.17. The van der Waals surface area contributed by atoms with Gasteiger partial charge >= 0.3 is 0 Å². The van der Waals surface area contributed by atoms with Crippen molar-refractivity contribution in [3.05, 3.63) is 17.0 Å². The van der Waals surface area contributed by atoms with E-state index < -0.39 is 0 Å². The van der Waals surface area contributed by atoms with E-state index in [4.69, 9.17) is 0 Å². The standard InChI is InChI=1S/C16H29N3O2/c1-6-14(20)7-8-17-16(21)9-15-12(4)18-19(13(15)5)10-11(2)3/h11,14,20H,6-10H2,1-5H3,(H,17,21). The molecule has 1 aromatic heterocycles. The molecule has 0 fully saturated rings. The topological polar surface area (TPSA) is 67.2 Å². The number of aryl methyl sites for hydroxylation is 1. The summed E-state index contributed by atoms with van der Waals surface area (Å²) in [7, 11) is 0. The van der Waals surface area contributed by atoms with Gasteiger partial charge in [0.25, 0.3) is 0 Å². The van der Waals surface area contributed by atoms with Crippen LogP contribution in [0.3, 0.4) is 0 Å². The van der Waals surface area contributed by atoms with E-state index in [1.54, 1.807) is 0 Å². The van der Waals surface area contributed by atoms with Crippen molar-refractivity contribution in [3.8, 4) is 0 Å². The van der Waals surface area contributed by atoms with E-state index in [1.165, 1.54) is 0 Å². The van der Waals surface area contributed by atoms with Gasteiger partial charge < -0.3 is 10.4 Å². The number of amides is 1. The summed E-state index contributed by atoms with van der Waals surface area (Å²) in [4.78, 5) is 12.0. The Hall–Kier alpha value is -1.36. The summed E-state index contributed by atoms with van der Waals surface area (Å²) in [5.74, 6) is 0.522. The molecule has 1 amide bonds. The monoisotopic (exact) mass is 295 g/mol. The number of nitrogens with one attached hydrogen (secondary N) is 1. The summed E-state index contributed by atoms with van der Waals surface area (Å²) < 4.78 is 1.99. The molecule has 21 heavy (non-hydrogen) atoms. The molecule has 1 atom stereocenters. The number of hydrogen-bond donors (Lipinski definition) is 2. The molecule has 0 bridgehead atoms. The van der Waals surface area contributed by atoms with Crippen molar-refractivity contribution in [2.45, 2.75) is 66.5 Å². The lowest BCUT2D eigenvalue weighted by Gasteiger charge is -2.10. The lowest BCUT2D eigenvalue weighted by Crippen LogP contribution is -2.28. The molecule has 1 rings (SSSR count). The minimum Gasteiger partial charge on any atom is -0.393 e. The maximum Gasteiger partial charge on any atom is 0.224 e. The average Bonchev–Trinajstić information content (AvgIpc) is 2.65. The summed E-state index contributed by atoms with van der Waals surface area (Å²) in [6, 6.07) is 0. The molecule has 0 aliphatic rings. The van der Waals surface area contributed by atoms with Gasteiger partial charge in [0, 0.05) is 24.3 Å². The summed E-state index contributed by atoms with van der Waals surface area (Å²) in [5, 5.41) is 16.9. The van der Waals surface area contributed by atoms with Gasteiger partial charge in [-0.05, 0) is 32.6 Å². The van der Waals surface area contributed by atoms with Crippen molar-refractivity contribution < 1.29 is 9.90 Å². The van der Waals surface area contributed by atoms with Crippen LogP contribution in [-0.4, -0.2) is 33.4 Å². The van der Waals surface area contributed by atoms with Gasteiger partial charge in [0.05, 0.1) is 18.2 Å². The molecule has 0 aliphatic heterocycles. The Labute approximate surface area is 127 Å². The third-order valence-corrected chi connectivity index (χ3v) is 3.68. The van der Waals surface area contributed by atoms with Crippen molar-refractivity contribution in [3.63, 3.8) is 0 Å². The Bertz CT molecular complexity index is 466. The molecule has 120 valence electrons. The van der Waals surface area contributed by atoms with Crippen molar-refractivity contribution in [2.24, 2.45) is 5.92 Å². The number of aliphatic hydroxyl groups excluding tert-OH is 1. The zero-order chi connectivity index (χ0) is 16.0. The van der Waals surface area contributed by atoms with Crippen molar-refractivity contribution in [1.82, 2.24) is 15.1 Å². The molecule has 0 aliphatic carbocycles. The highest BCUT2D eigenvalue weighted by atomic mass is 16.3. The predicted octanol–water partition coefficient (Wildman–Crippen LogP) is 1.98. The number of aliphatic hydroxyl groups is 1. The second-order valence-electron chi connectivity index (χ2n) is 6.10. The first-order chi connectivity index (χ1) is 9.85. The fraction of sp³-hybridized carbons (Fsp3) is 0.750. The number of carbonyl (C=O) groups is 1. The first kappa shape index (κ1) is 17.7. The van der Waals surface area contributed by atoms with E-state index in [0.717, 1.165) is 29.9 Å². The first-order valence-electron chi connectivity index (χ1n) is 7.82. The van der Waals surface area contributed by atoms with Crippen LogP contribution in [0.1, 0.15) is 50.6 Å². The van der Waals surface area contributed by atoms with Crippen LogP contribution in [0.4, 0.5) is 0 Å². The first-order valence-corrected chi connectivity index (χ1v) is 7.82. The van der Waals surface area contributed by atoms with E-state index in [9.17, 15) is 9.90 Å². The molecule has 1 unspecified atom stereocenters. The van der Waals surface area contributed by atoms with Gasteiger partial charge in [-0.2, -0.15) is 5.10 Å². The third-order valence-electron chi connectivity index (χ3n) is 3.68. The van der Waals surface area contributed by atoms with Crippen LogP contribution >= 0.6 is 0 Å². The lowest BCUT2D eigenvalue weighted by atomic mass is 10.1. The molecule has 1 aromatic rings. The van der Waals surface area contributed by atoms with Gasteiger partial charge in [-0.3, -0.25) is 9.48 Å². The maximum absolute atomic E-state index is 12.0. The lowest BCUT2D eigenvalue weighted by molar-refractivity contribution is -0.120. The van der Waals surface area contributed by atoms with Crippen LogP contribution in [0.15, 0.2) is 0 Å². The Morgan fingerprint density at radius 1 is 1.38 bits per heavy atom. The Morgan fingerprint density at radius 3 is 2.62 bits per heavy atom. The molecule has 0 radical (unpaired) electrons. The third kappa shape index (κ3) is 5.50. The molecule has 0 aromatic carbocycles. The average molecular weight is 295 g/mol. The van der Waals surface area contributed by atoms with E-state index in [0.29, 0.717) is 25.3 Å². The molecule has 1 heterocycles. The number of aromatic nitrogens is 2. The van der Waals surface area contributed by atoms with Crippen LogP contribution in [0.25, 0.3) is 0 Å². The summed E-state index contributed by atoms with van der Waals surface area (Å²) >= 11 is 0. The quantitative estimate of drug-likeness (QED) is 0.770. The Morgan fingerprint density at radius 2 is 2.05 bits per heavy atom. The number of hydrogen-bond acceptors (Lipinski definition) is 3.